The molecule has 96 valence electrons. The molecule has 5 nitrogen and oxygen atoms in total. The monoisotopic (exact) mass is 238 g/mol. The van der Waals surface area contributed by atoms with Crippen molar-refractivity contribution in [3.8, 4) is 0 Å². The molecule has 0 saturated heterocycles. The van der Waals surface area contributed by atoms with Gasteiger partial charge in [0.25, 0.3) is 0 Å². The SMILES string of the molecule is CC(C)C(CN)C(=O)Cc1ncnn1C(C)C. The molecule has 0 radical (unpaired) electrons. The Hall–Kier alpha value is -1.23. The second-order valence-electron chi connectivity index (χ2n) is 4.94. The van der Waals surface area contributed by atoms with Gasteiger partial charge in [0.1, 0.15) is 17.9 Å². The first-order valence-corrected chi connectivity index (χ1v) is 6.08. The maximum Gasteiger partial charge on any atom is 0.145 e. The second kappa shape index (κ2) is 5.91. The molecule has 0 bridgehead atoms. The fraction of sp³-hybridized carbons (Fsp3) is 0.750. The zero-order valence-electron chi connectivity index (χ0n) is 11.1. The summed E-state index contributed by atoms with van der Waals surface area (Å²) in [6.07, 6.45) is 1.81. The summed E-state index contributed by atoms with van der Waals surface area (Å²) < 4.78 is 1.78. The predicted octanol–water partition coefficient (Wildman–Crippen LogP) is 1.20. The Balaban J connectivity index is 2.77. The average Bonchev–Trinajstić information content (AvgIpc) is 2.66. The Kier molecular flexibility index (Phi) is 4.81. The zero-order chi connectivity index (χ0) is 13.0. The van der Waals surface area contributed by atoms with E-state index in [2.05, 4.69) is 10.1 Å². The van der Waals surface area contributed by atoms with Gasteiger partial charge in [-0.3, -0.25) is 4.79 Å². The van der Waals surface area contributed by atoms with Crippen LogP contribution in [0.15, 0.2) is 6.33 Å². The quantitative estimate of drug-likeness (QED) is 0.808. The molecule has 17 heavy (non-hydrogen) atoms. The number of nitrogens with zero attached hydrogens (tertiary/aromatic N) is 3. The molecule has 0 fully saturated rings. The molecule has 0 spiro atoms. The number of hydrogen-bond acceptors (Lipinski definition) is 4. The van der Waals surface area contributed by atoms with Crippen LogP contribution >= 0.6 is 0 Å². The first-order valence-electron chi connectivity index (χ1n) is 6.08. The number of Topliss-reactive ketones (excluding diaryl/α,β-unsaturated/α-hetero) is 1. The Morgan fingerprint density at radius 1 is 1.41 bits per heavy atom. The van der Waals surface area contributed by atoms with Gasteiger partial charge in [0.15, 0.2) is 0 Å². The molecule has 5 heteroatoms. The van der Waals surface area contributed by atoms with E-state index in [-0.39, 0.29) is 23.7 Å². The van der Waals surface area contributed by atoms with Gasteiger partial charge in [0, 0.05) is 18.5 Å². The van der Waals surface area contributed by atoms with Crippen LogP contribution in [0, 0.1) is 11.8 Å². The van der Waals surface area contributed by atoms with Crippen LogP contribution in [0.2, 0.25) is 0 Å². The minimum absolute atomic E-state index is 0.0905. The molecule has 0 amide bonds. The van der Waals surface area contributed by atoms with Gasteiger partial charge in [-0.05, 0) is 19.8 Å². The normalized spacial score (nSPS) is 13.4. The Morgan fingerprint density at radius 3 is 2.53 bits per heavy atom. The number of ketones is 1. The van der Waals surface area contributed by atoms with E-state index in [4.69, 9.17) is 5.73 Å². The standard InChI is InChI=1S/C12H22N4O/c1-8(2)10(6-13)11(17)5-12-14-7-15-16(12)9(3)4/h7-10H,5-6,13H2,1-4H3. The third-order valence-electron chi connectivity index (χ3n) is 2.94. The van der Waals surface area contributed by atoms with E-state index in [1.54, 1.807) is 4.68 Å². The van der Waals surface area contributed by atoms with Crippen LogP contribution in [0.25, 0.3) is 0 Å². The van der Waals surface area contributed by atoms with Gasteiger partial charge in [-0.15, -0.1) is 0 Å². The molecule has 0 aromatic carbocycles. The summed E-state index contributed by atoms with van der Waals surface area (Å²) in [6.45, 7) is 8.47. The molecule has 0 aliphatic carbocycles. The van der Waals surface area contributed by atoms with Crippen molar-refractivity contribution in [2.75, 3.05) is 6.54 Å². The summed E-state index contributed by atoms with van der Waals surface area (Å²) in [5.41, 5.74) is 5.64. The number of hydrogen-bond donors (Lipinski definition) is 1. The van der Waals surface area contributed by atoms with Gasteiger partial charge >= 0.3 is 0 Å². The predicted molar refractivity (Wildman–Crippen MR) is 66.5 cm³/mol. The molecular formula is C12H22N4O. The molecule has 1 atom stereocenters. The largest absolute Gasteiger partial charge is 0.330 e. The maximum atomic E-state index is 12.1. The van der Waals surface area contributed by atoms with Gasteiger partial charge in [0.2, 0.25) is 0 Å². The van der Waals surface area contributed by atoms with Crippen molar-refractivity contribution in [1.82, 2.24) is 14.8 Å². The van der Waals surface area contributed by atoms with Crippen molar-refractivity contribution in [1.29, 1.82) is 0 Å². The molecule has 0 aliphatic heterocycles. The van der Waals surface area contributed by atoms with Gasteiger partial charge < -0.3 is 5.73 Å². The number of carbonyl (C=O) groups excluding carboxylic acids is 1. The molecule has 1 heterocycles. The molecule has 1 aromatic heterocycles. The van der Waals surface area contributed by atoms with Crippen molar-refractivity contribution < 1.29 is 4.79 Å². The van der Waals surface area contributed by atoms with Gasteiger partial charge in [-0.25, -0.2) is 9.67 Å². The summed E-state index contributed by atoms with van der Waals surface area (Å²) in [5, 5.41) is 4.12. The molecule has 0 saturated carbocycles. The fourth-order valence-electron chi connectivity index (χ4n) is 1.89. The van der Waals surface area contributed by atoms with Crippen LogP contribution in [0.3, 0.4) is 0 Å². The van der Waals surface area contributed by atoms with E-state index in [0.717, 1.165) is 5.82 Å². The Labute approximate surface area is 102 Å². The van der Waals surface area contributed by atoms with Crippen LogP contribution in [0.4, 0.5) is 0 Å². The second-order valence-corrected chi connectivity index (χ2v) is 4.94. The van der Waals surface area contributed by atoms with Crippen molar-refractivity contribution in [2.24, 2.45) is 17.6 Å². The molecule has 1 aromatic rings. The average molecular weight is 238 g/mol. The minimum Gasteiger partial charge on any atom is -0.330 e. The van der Waals surface area contributed by atoms with E-state index in [1.165, 1.54) is 6.33 Å². The van der Waals surface area contributed by atoms with Gasteiger partial charge in [-0.1, -0.05) is 13.8 Å². The third kappa shape index (κ3) is 3.36. The Morgan fingerprint density at radius 2 is 2.06 bits per heavy atom. The third-order valence-corrected chi connectivity index (χ3v) is 2.94. The van der Waals surface area contributed by atoms with Crippen molar-refractivity contribution in [3.05, 3.63) is 12.2 Å². The lowest BCUT2D eigenvalue weighted by molar-refractivity contribution is -0.123. The summed E-state index contributed by atoms with van der Waals surface area (Å²) in [6, 6.07) is 0.218. The first-order chi connectivity index (χ1) is 7.97. The topological polar surface area (TPSA) is 73.8 Å². The highest BCUT2D eigenvalue weighted by Crippen LogP contribution is 2.14. The molecule has 2 N–H and O–H groups in total. The van der Waals surface area contributed by atoms with Crippen LogP contribution in [-0.4, -0.2) is 27.1 Å². The fourth-order valence-corrected chi connectivity index (χ4v) is 1.89. The zero-order valence-corrected chi connectivity index (χ0v) is 11.1. The number of nitrogens with two attached hydrogens (primary N) is 1. The summed E-state index contributed by atoms with van der Waals surface area (Å²) in [5.74, 6) is 1.05. The molecule has 0 aliphatic rings. The number of rotatable bonds is 6. The van der Waals surface area contributed by atoms with Crippen molar-refractivity contribution in [2.45, 2.75) is 40.2 Å². The van der Waals surface area contributed by atoms with Crippen LogP contribution in [-0.2, 0) is 11.2 Å². The number of aromatic nitrogens is 3. The highest BCUT2D eigenvalue weighted by atomic mass is 16.1. The summed E-state index contributed by atoms with van der Waals surface area (Å²) in [4.78, 5) is 16.2. The van der Waals surface area contributed by atoms with E-state index in [1.807, 2.05) is 27.7 Å². The lowest BCUT2D eigenvalue weighted by Gasteiger charge is -2.17. The molecular weight excluding hydrogens is 216 g/mol. The van der Waals surface area contributed by atoms with Crippen LogP contribution < -0.4 is 5.73 Å². The van der Waals surface area contributed by atoms with Crippen LogP contribution in [0.1, 0.15) is 39.6 Å². The molecule has 1 rings (SSSR count). The minimum atomic E-state index is -0.0905. The van der Waals surface area contributed by atoms with Crippen molar-refractivity contribution in [3.63, 3.8) is 0 Å². The smallest absolute Gasteiger partial charge is 0.145 e. The summed E-state index contributed by atoms with van der Waals surface area (Å²) >= 11 is 0. The molecule has 1 unspecified atom stereocenters. The first kappa shape index (κ1) is 13.8. The maximum absolute atomic E-state index is 12.1. The van der Waals surface area contributed by atoms with Crippen LogP contribution in [0.5, 0.6) is 0 Å². The summed E-state index contributed by atoms with van der Waals surface area (Å²) in [7, 11) is 0. The lowest BCUT2D eigenvalue weighted by atomic mass is 9.90. The van der Waals surface area contributed by atoms with E-state index < -0.39 is 0 Å². The van der Waals surface area contributed by atoms with Gasteiger partial charge in [0.05, 0.1) is 6.42 Å². The van der Waals surface area contributed by atoms with E-state index in [0.29, 0.717) is 13.0 Å². The van der Waals surface area contributed by atoms with E-state index in [9.17, 15) is 4.79 Å². The highest BCUT2D eigenvalue weighted by molar-refractivity contribution is 5.83. The Bertz CT molecular complexity index is 370. The van der Waals surface area contributed by atoms with Crippen molar-refractivity contribution >= 4 is 5.78 Å². The highest BCUT2D eigenvalue weighted by Gasteiger charge is 2.22. The van der Waals surface area contributed by atoms with Gasteiger partial charge in [-0.2, -0.15) is 5.10 Å². The lowest BCUT2D eigenvalue weighted by Crippen LogP contribution is -2.30. The van der Waals surface area contributed by atoms with E-state index >= 15 is 0 Å². The number of carbonyl (C=O) groups is 1.